The summed E-state index contributed by atoms with van der Waals surface area (Å²) in [6, 6.07) is -1.79. The van der Waals surface area contributed by atoms with Gasteiger partial charge in [0.25, 0.3) is 0 Å². The molecule has 4 unspecified atom stereocenters. The van der Waals surface area contributed by atoms with Crippen LogP contribution < -0.4 is 11.5 Å². The third-order valence-corrected chi connectivity index (χ3v) is 4.93. The fraction of sp³-hybridized carbons (Fsp3) is 0.750. The van der Waals surface area contributed by atoms with Crippen molar-refractivity contribution in [2.75, 3.05) is 26.7 Å². The van der Waals surface area contributed by atoms with Crippen LogP contribution in [0.5, 0.6) is 0 Å². The molecular formula is C20H39N4O7+. The summed E-state index contributed by atoms with van der Waals surface area (Å²) in [7, 11) is 1.83. The second-order valence-corrected chi connectivity index (χ2v) is 7.77. The van der Waals surface area contributed by atoms with Crippen molar-refractivity contribution in [3.05, 3.63) is 11.9 Å². The molecule has 0 aliphatic heterocycles. The molecule has 0 radical (unpaired) electrons. The third kappa shape index (κ3) is 13.1. The van der Waals surface area contributed by atoms with Crippen LogP contribution in [0.3, 0.4) is 0 Å². The predicted molar refractivity (Wildman–Crippen MR) is 116 cm³/mol. The molecule has 31 heavy (non-hydrogen) atoms. The Morgan fingerprint density at radius 1 is 1.00 bits per heavy atom. The molecule has 4 atom stereocenters. The Bertz CT molecular complexity index is 600. The van der Waals surface area contributed by atoms with Crippen LogP contribution in [0, 0.1) is 0 Å². The van der Waals surface area contributed by atoms with Crippen molar-refractivity contribution in [3.63, 3.8) is 0 Å². The van der Waals surface area contributed by atoms with Gasteiger partial charge in [-0.05, 0) is 32.1 Å². The van der Waals surface area contributed by atoms with Crippen LogP contribution in [0.1, 0.15) is 44.9 Å². The summed E-state index contributed by atoms with van der Waals surface area (Å²) >= 11 is 0. The number of rotatable bonds is 18. The first-order valence-electron chi connectivity index (χ1n) is 10.4. The molecule has 0 aromatic rings. The minimum atomic E-state index is -1.28. The number of hydrogen-bond donors (Lipinski definition) is 7. The molecule has 11 nitrogen and oxygen atoms in total. The van der Waals surface area contributed by atoms with Gasteiger partial charge in [0.1, 0.15) is 31.4 Å². The highest BCUT2D eigenvalue weighted by Gasteiger charge is 2.23. The molecule has 11 heteroatoms. The Morgan fingerprint density at radius 2 is 1.52 bits per heavy atom. The van der Waals surface area contributed by atoms with Gasteiger partial charge in [0.05, 0.1) is 25.3 Å². The minimum absolute atomic E-state index is 0.0636. The Labute approximate surface area is 183 Å². The maximum atomic E-state index is 10.8. The Hall–Kier alpha value is -2.05. The summed E-state index contributed by atoms with van der Waals surface area (Å²) in [5.74, 6) is -2.07. The number of carbonyl (C=O) groups is 2. The van der Waals surface area contributed by atoms with Gasteiger partial charge in [0.15, 0.2) is 5.70 Å². The van der Waals surface area contributed by atoms with Gasteiger partial charge in [-0.2, -0.15) is 0 Å². The van der Waals surface area contributed by atoms with Gasteiger partial charge in [0, 0.05) is 20.0 Å². The first-order valence-corrected chi connectivity index (χ1v) is 10.4. The summed E-state index contributed by atoms with van der Waals surface area (Å²) in [6.07, 6.45) is 2.68. The lowest BCUT2D eigenvalue weighted by Crippen LogP contribution is -2.32. The van der Waals surface area contributed by atoms with E-state index in [4.69, 9.17) is 26.8 Å². The molecule has 0 saturated carbocycles. The van der Waals surface area contributed by atoms with E-state index in [1.165, 1.54) is 0 Å². The zero-order chi connectivity index (χ0) is 24.0. The summed E-state index contributed by atoms with van der Waals surface area (Å²) < 4.78 is 1.66. The molecule has 0 aliphatic rings. The first-order chi connectivity index (χ1) is 14.5. The number of carboxylic acid groups (broad SMARTS) is 2. The van der Waals surface area contributed by atoms with Gasteiger partial charge in [-0.25, -0.2) is 4.58 Å². The van der Waals surface area contributed by atoms with Gasteiger partial charge in [-0.15, -0.1) is 0 Å². The molecule has 0 bridgehead atoms. The second-order valence-electron chi connectivity index (χ2n) is 7.77. The molecule has 0 heterocycles. The summed E-state index contributed by atoms with van der Waals surface area (Å²) in [5, 5.41) is 46.5. The quantitative estimate of drug-likeness (QED) is 0.0757. The van der Waals surface area contributed by atoms with Crippen LogP contribution in [0.2, 0.25) is 0 Å². The average Bonchev–Trinajstić information content (AvgIpc) is 2.72. The molecular weight excluding hydrogens is 408 g/mol. The largest absolute Gasteiger partial charge is 0.480 e. The van der Waals surface area contributed by atoms with E-state index in [9.17, 15) is 19.8 Å². The Morgan fingerprint density at radius 3 is 2.00 bits per heavy atom. The summed E-state index contributed by atoms with van der Waals surface area (Å²) in [4.78, 5) is 23.4. The van der Waals surface area contributed by atoms with Crippen molar-refractivity contribution in [2.24, 2.45) is 11.5 Å². The standard InChI is InChI=1S/C20H38N4O7/c1-23(9-5-3-7-15(21)19(28)29)12-14(11-17(26)18(27)13-25)24(2)10-6-4-8-16(22)20(30)31/h12,15-18,25-27H,2-11,13,21-22H2,1H3,(H-,28,29,30,31)/p+1. The highest BCUT2D eigenvalue weighted by Crippen LogP contribution is 2.13. The first kappa shape index (κ1) is 28.9. The van der Waals surface area contributed by atoms with Crippen molar-refractivity contribution in [1.29, 1.82) is 0 Å². The molecule has 0 aliphatic carbocycles. The normalized spacial score (nSPS) is 15.7. The number of nitrogens with two attached hydrogens (primary N) is 2. The van der Waals surface area contributed by atoms with Crippen molar-refractivity contribution >= 4 is 18.7 Å². The molecule has 0 amide bonds. The molecule has 0 saturated heterocycles. The molecule has 0 aromatic heterocycles. The van der Waals surface area contributed by atoms with Crippen LogP contribution in [-0.2, 0) is 9.59 Å². The van der Waals surface area contributed by atoms with E-state index in [2.05, 4.69) is 6.72 Å². The summed E-state index contributed by atoms with van der Waals surface area (Å²) in [5.41, 5.74) is 11.6. The average molecular weight is 448 g/mol. The number of carboxylic acids is 2. The fourth-order valence-corrected chi connectivity index (χ4v) is 2.84. The number of aliphatic hydroxyl groups excluding tert-OH is 3. The lowest BCUT2D eigenvalue weighted by Gasteiger charge is -2.19. The lowest BCUT2D eigenvalue weighted by atomic mass is 10.1. The molecule has 9 N–H and O–H groups in total. The van der Waals surface area contributed by atoms with Crippen molar-refractivity contribution in [3.8, 4) is 0 Å². The van der Waals surface area contributed by atoms with Crippen molar-refractivity contribution in [2.45, 2.75) is 69.2 Å². The van der Waals surface area contributed by atoms with E-state index in [0.29, 0.717) is 57.3 Å². The van der Waals surface area contributed by atoms with Gasteiger partial charge in [-0.3, -0.25) is 9.59 Å². The van der Waals surface area contributed by atoms with Crippen LogP contribution in [0.25, 0.3) is 0 Å². The maximum absolute atomic E-state index is 10.8. The number of aliphatic hydroxyl groups is 3. The topological polar surface area (TPSA) is 194 Å². The van der Waals surface area contributed by atoms with Crippen LogP contribution in [-0.4, -0.2) is 105 Å². The SMILES string of the molecule is C=[N+](CCCCC(N)C(=O)O)C(=CN(C)CCCCC(N)C(=O)O)CC(O)C(O)CO. The van der Waals surface area contributed by atoms with Crippen molar-refractivity contribution < 1.29 is 39.7 Å². The number of unbranched alkanes of at least 4 members (excludes halogenated alkanes) is 2. The fourth-order valence-electron chi connectivity index (χ4n) is 2.84. The van der Waals surface area contributed by atoms with E-state index in [1.54, 1.807) is 10.8 Å². The van der Waals surface area contributed by atoms with Gasteiger partial charge < -0.3 is 41.9 Å². The monoisotopic (exact) mass is 447 g/mol. The third-order valence-electron chi connectivity index (χ3n) is 4.93. The van der Waals surface area contributed by atoms with E-state index >= 15 is 0 Å². The summed E-state index contributed by atoms with van der Waals surface area (Å²) in [6.45, 7) is 4.51. The maximum Gasteiger partial charge on any atom is 0.320 e. The minimum Gasteiger partial charge on any atom is -0.480 e. The number of hydrogen-bond acceptors (Lipinski definition) is 8. The highest BCUT2D eigenvalue weighted by molar-refractivity contribution is 5.73. The van der Waals surface area contributed by atoms with E-state index < -0.39 is 42.8 Å². The van der Waals surface area contributed by atoms with Crippen LogP contribution >= 0.6 is 0 Å². The smallest absolute Gasteiger partial charge is 0.320 e. The van der Waals surface area contributed by atoms with E-state index in [-0.39, 0.29) is 6.42 Å². The van der Waals surface area contributed by atoms with Crippen LogP contribution in [0.4, 0.5) is 0 Å². The molecule has 180 valence electrons. The highest BCUT2D eigenvalue weighted by atomic mass is 16.4. The zero-order valence-electron chi connectivity index (χ0n) is 18.3. The molecule has 0 aromatic carbocycles. The molecule has 0 rings (SSSR count). The lowest BCUT2D eigenvalue weighted by molar-refractivity contribution is -0.473. The van der Waals surface area contributed by atoms with Gasteiger partial charge in [-0.1, -0.05) is 0 Å². The number of aliphatic carboxylic acids is 2. The Balaban J connectivity index is 4.84. The van der Waals surface area contributed by atoms with E-state index in [1.807, 2.05) is 11.9 Å². The second kappa shape index (κ2) is 15.7. The van der Waals surface area contributed by atoms with Gasteiger partial charge in [0.2, 0.25) is 0 Å². The molecule has 0 spiro atoms. The zero-order valence-corrected chi connectivity index (χ0v) is 18.3. The van der Waals surface area contributed by atoms with Gasteiger partial charge >= 0.3 is 11.9 Å². The Kier molecular flexibility index (Phi) is 14.7. The number of nitrogens with zero attached hydrogens (tertiary/aromatic N) is 2. The van der Waals surface area contributed by atoms with E-state index in [0.717, 1.165) is 0 Å². The predicted octanol–water partition coefficient (Wildman–Crippen LogP) is -1.26. The van der Waals surface area contributed by atoms with Crippen LogP contribution in [0.15, 0.2) is 11.9 Å². The van der Waals surface area contributed by atoms with Crippen molar-refractivity contribution in [1.82, 2.24) is 4.90 Å². The molecule has 0 fully saturated rings.